The van der Waals surface area contributed by atoms with Crippen LogP contribution in [0.15, 0.2) is 12.4 Å². The van der Waals surface area contributed by atoms with Gasteiger partial charge in [-0.1, -0.05) is 20.8 Å². The summed E-state index contributed by atoms with van der Waals surface area (Å²) >= 11 is 0. The fourth-order valence-electron chi connectivity index (χ4n) is 2.58. The first-order valence-electron chi connectivity index (χ1n) is 6.70. The number of rotatable bonds is 3. The molecular formula is C14H24N2O. The Hall–Kier alpha value is -0.830. The van der Waals surface area contributed by atoms with Crippen LogP contribution in [-0.2, 0) is 12.1 Å². The molecule has 3 nitrogen and oxygen atoms in total. The topological polar surface area (TPSA) is 38.0 Å². The number of aryl methyl sites for hydroxylation is 1. The van der Waals surface area contributed by atoms with Gasteiger partial charge in [0.25, 0.3) is 0 Å². The molecule has 0 aromatic carbocycles. The molecule has 0 atom stereocenters. The summed E-state index contributed by atoms with van der Waals surface area (Å²) in [5.41, 5.74) is 0.745. The van der Waals surface area contributed by atoms with Crippen molar-refractivity contribution in [2.75, 3.05) is 0 Å². The van der Waals surface area contributed by atoms with Crippen molar-refractivity contribution in [1.29, 1.82) is 0 Å². The van der Waals surface area contributed by atoms with Gasteiger partial charge in [-0.3, -0.25) is 4.68 Å². The molecule has 1 heterocycles. The fourth-order valence-corrected chi connectivity index (χ4v) is 2.58. The van der Waals surface area contributed by atoms with E-state index in [9.17, 15) is 5.11 Å². The average Bonchev–Trinajstić information content (AvgIpc) is 2.73. The number of hydrogen-bond donors (Lipinski definition) is 1. The van der Waals surface area contributed by atoms with Crippen molar-refractivity contribution in [2.45, 2.75) is 65.0 Å². The van der Waals surface area contributed by atoms with Crippen LogP contribution >= 0.6 is 0 Å². The first-order valence-corrected chi connectivity index (χ1v) is 6.70. The summed E-state index contributed by atoms with van der Waals surface area (Å²) < 4.78 is 1.94. The van der Waals surface area contributed by atoms with E-state index in [1.807, 2.05) is 17.1 Å². The van der Waals surface area contributed by atoms with Gasteiger partial charge in [0.05, 0.1) is 11.8 Å². The fraction of sp³-hybridized carbons (Fsp3) is 0.786. The molecule has 0 aliphatic heterocycles. The predicted octanol–water partition coefficient (Wildman–Crippen LogP) is 3.08. The van der Waals surface area contributed by atoms with E-state index in [1.54, 1.807) is 0 Å². The van der Waals surface area contributed by atoms with Gasteiger partial charge in [-0.15, -0.1) is 0 Å². The van der Waals surface area contributed by atoms with Gasteiger partial charge >= 0.3 is 0 Å². The van der Waals surface area contributed by atoms with Crippen LogP contribution in [0.2, 0.25) is 0 Å². The Bertz CT molecular complexity index is 371. The monoisotopic (exact) mass is 236 g/mol. The molecule has 96 valence electrons. The average molecular weight is 236 g/mol. The molecule has 0 saturated heterocycles. The molecule has 1 aliphatic rings. The minimum Gasteiger partial charge on any atom is -0.385 e. The van der Waals surface area contributed by atoms with Gasteiger partial charge in [0, 0.05) is 18.3 Å². The number of nitrogens with zero attached hydrogens (tertiary/aromatic N) is 2. The minimum atomic E-state index is -0.637. The van der Waals surface area contributed by atoms with Gasteiger partial charge in [0.2, 0.25) is 0 Å². The van der Waals surface area contributed by atoms with Gasteiger partial charge in [-0.05, 0) is 37.5 Å². The molecular weight excluding hydrogens is 212 g/mol. The molecule has 1 aliphatic carbocycles. The van der Waals surface area contributed by atoms with Crippen molar-refractivity contribution >= 4 is 0 Å². The summed E-state index contributed by atoms with van der Waals surface area (Å²) in [5.74, 6) is 0. The Morgan fingerprint density at radius 3 is 2.53 bits per heavy atom. The molecule has 0 unspecified atom stereocenters. The quantitative estimate of drug-likeness (QED) is 0.875. The highest BCUT2D eigenvalue weighted by Gasteiger charge is 2.38. The third-order valence-electron chi connectivity index (χ3n) is 4.05. The molecule has 1 N–H and O–H groups in total. The molecule has 2 rings (SSSR count). The van der Waals surface area contributed by atoms with Crippen LogP contribution in [0.3, 0.4) is 0 Å². The van der Waals surface area contributed by atoms with E-state index in [-0.39, 0.29) is 0 Å². The lowest BCUT2D eigenvalue weighted by Gasteiger charge is -2.39. The van der Waals surface area contributed by atoms with Gasteiger partial charge in [0.1, 0.15) is 0 Å². The van der Waals surface area contributed by atoms with Crippen molar-refractivity contribution in [2.24, 2.45) is 5.41 Å². The summed E-state index contributed by atoms with van der Waals surface area (Å²) in [7, 11) is 0. The molecule has 1 aromatic rings. The Kier molecular flexibility index (Phi) is 3.30. The molecule has 0 radical (unpaired) electrons. The van der Waals surface area contributed by atoms with Gasteiger partial charge in [0.15, 0.2) is 0 Å². The third-order valence-corrected chi connectivity index (χ3v) is 4.05. The van der Waals surface area contributed by atoms with E-state index < -0.39 is 5.60 Å². The van der Waals surface area contributed by atoms with E-state index in [2.05, 4.69) is 25.9 Å². The highest BCUT2D eigenvalue weighted by atomic mass is 16.3. The molecule has 0 bridgehead atoms. The highest BCUT2D eigenvalue weighted by Crippen LogP contribution is 2.44. The smallest absolute Gasteiger partial charge is 0.0927 e. The molecule has 1 saturated carbocycles. The number of aromatic nitrogens is 2. The zero-order chi connectivity index (χ0) is 12.5. The maximum absolute atomic E-state index is 10.7. The van der Waals surface area contributed by atoms with E-state index >= 15 is 0 Å². The molecule has 0 spiro atoms. The summed E-state index contributed by atoms with van der Waals surface area (Å²) in [6.07, 6.45) is 8.82. The normalized spacial score (nSPS) is 22.6. The van der Waals surface area contributed by atoms with Crippen molar-refractivity contribution in [1.82, 2.24) is 9.78 Å². The summed E-state index contributed by atoms with van der Waals surface area (Å²) in [6, 6.07) is 0. The molecule has 1 aromatic heterocycles. The number of hydrogen-bond acceptors (Lipinski definition) is 2. The second-order valence-corrected chi connectivity index (χ2v) is 6.19. The second kappa shape index (κ2) is 4.45. The van der Waals surface area contributed by atoms with Crippen LogP contribution in [-0.4, -0.2) is 14.9 Å². The second-order valence-electron chi connectivity index (χ2n) is 6.19. The van der Waals surface area contributed by atoms with Crippen LogP contribution in [0.5, 0.6) is 0 Å². The maximum Gasteiger partial charge on any atom is 0.0927 e. The van der Waals surface area contributed by atoms with Crippen LogP contribution in [0.1, 0.15) is 58.4 Å². The summed E-state index contributed by atoms with van der Waals surface area (Å²) in [5, 5.41) is 15.0. The summed E-state index contributed by atoms with van der Waals surface area (Å²) in [4.78, 5) is 0. The summed E-state index contributed by atoms with van der Waals surface area (Å²) in [6.45, 7) is 7.64. The van der Waals surface area contributed by atoms with Crippen LogP contribution in [0.4, 0.5) is 0 Å². The Balaban J connectivity index is 2.10. The minimum absolute atomic E-state index is 0.381. The molecule has 3 heteroatoms. The Labute approximate surface area is 104 Å². The predicted molar refractivity (Wildman–Crippen MR) is 68.7 cm³/mol. The van der Waals surface area contributed by atoms with Gasteiger partial charge < -0.3 is 5.11 Å². The van der Waals surface area contributed by atoms with Crippen LogP contribution in [0, 0.1) is 5.41 Å². The molecule has 17 heavy (non-hydrogen) atoms. The SMILES string of the molecule is CCCn1cc(C2(O)CCC(C)(C)CC2)cn1. The molecule has 1 fully saturated rings. The van der Waals surface area contributed by atoms with Crippen molar-refractivity contribution in [3.05, 3.63) is 18.0 Å². The Morgan fingerprint density at radius 1 is 1.29 bits per heavy atom. The zero-order valence-electron chi connectivity index (χ0n) is 11.2. The van der Waals surface area contributed by atoms with Crippen LogP contribution < -0.4 is 0 Å². The zero-order valence-corrected chi connectivity index (χ0v) is 11.2. The van der Waals surface area contributed by atoms with E-state index in [4.69, 9.17) is 0 Å². The lowest BCUT2D eigenvalue weighted by molar-refractivity contribution is -0.0306. The van der Waals surface area contributed by atoms with E-state index in [0.717, 1.165) is 44.2 Å². The highest BCUT2D eigenvalue weighted by molar-refractivity contribution is 5.16. The van der Waals surface area contributed by atoms with Crippen LogP contribution in [0.25, 0.3) is 0 Å². The van der Waals surface area contributed by atoms with Gasteiger partial charge in [-0.2, -0.15) is 5.10 Å². The molecule has 0 amide bonds. The lowest BCUT2D eigenvalue weighted by Crippen LogP contribution is -2.34. The van der Waals surface area contributed by atoms with E-state index in [0.29, 0.717) is 5.41 Å². The van der Waals surface area contributed by atoms with Crippen molar-refractivity contribution in [3.63, 3.8) is 0 Å². The van der Waals surface area contributed by atoms with Crippen molar-refractivity contribution in [3.8, 4) is 0 Å². The lowest BCUT2D eigenvalue weighted by atomic mass is 9.69. The third kappa shape index (κ3) is 2.71. The Morgan fingerprint density at radius 2 is 1.94 bits per heavy atom. The first-order chi connectivity index (χ1) is 7.95. The van der Waals surface area contributed by atoms with Gasteiger partial charge in [-0.25, -0.2) is 0 Å². The van der Waals surface area contributed by atoms with Crippen molar-refractivity contribution < 1.29 is 5.11 Å². The maximum atomic E-state index is 10.7. The standard InChI is InChI=1S/C14H24N2O/c1-4-9-16-11-12(10-15-16)14(17)7-5-13(2,3)6-8-14/h10-11,17H,4-9H2,1-3H3. The largest absolute Gasteiger partial charge is 0.385 e. The number of aliphatic hydroxyl groups is 1. The van der Waals surface area contributed by atoms with E-state index in [1.165, 1.54) is 0 Å². The first kappa shape index (κ1) is 12.6.